The standard InChI is InChI=1S/C9H10N2/c1-11(2)9-5-3-8(7-10)4-6-9/h3-6H,1-2H3/i1+1,2+1. The van der Waals surface area contributed by atoms with Crippen molar-refractivity contribution >= 4 is 5.69 Å². The molecule has 1 aromatic carbocycles. The topological polar surface area (TPSA) is 27.0 Å². The van der Waals surface area contributed by atoms with Crippen molar-refractivity contribution in [3.8, 4) is 6.07 Å². The third kappa shape index (κ3) is 1.71. The fourth-order valence-electron chi connectivity index (χ4n) is 0.834. The molecule has 0 saturated carbocycles. The van der Waals surface area contributed by atoms with E-state index in [4.69, 9.17) is 5.26 Å². The van der Waals surface area contributed by atoms with Crippen LogP contribution in [0, 0.1) is 11.3 Å². The molecule has 0 atom stereocenters. The van der Waals surface area contributed by atoms with E-state index in [1.807, 2.05) is 43.3 Å². The summed E-state index contributed by atoms with van der Waals surface area (Å²) in [7, 11) is 3.95. The number of nitrogens with zero attached hydrogens (tertiary/aromatic N) is 2. The molecule has 1 aromatic rings. The van der Waals surface area contributed by atoms with Gasteiger partial charge < -0.3 is 4.90 Å². The summed E-state index contributed by atoms with van der Waals surface area (Å²) in [4.78, 5) is 2.00. The summed E-state index contributed by atoms with van der Waals surface area (Å²) in [5, 5.41) is 8.50. The molecule has 0 saturated heterocycles. The molecule has 56 valence electrons. The molecule has 2 nitrogen and oxygen atoms in total. The average molecular weight is 148 g/mol. The maximum atomic E-state index is 8.50. The number of hydrogen-bond donors (Lipinski definition) is 0. The second-order valence-electron chi connectivity index (χ2n) is 2.55. The fourth-order valence-corrected chi connectivity index (χ4v) is 0.834. The largest absolute Gasteiger partial charge is 0.378 e. The van der Waals surface area contributed by atoms with E-state index in [1.165, 1.54) is 0 Å². The molecule has 0 fully saturated rings. The predicted octanol–water partition coefficient (Wildman–Crippen LogP) is 1.62. The monoisotopic (exact) mass is 148 g/mol. The van der Waals surface area contributed by atoms with Gasteiger partial charge in [0, 0.05) is 19.8 Å². The summed E-state index contributed by atoms with van der Waals surface area (Å²) in [6.07, 6.45) is 0. The molecule has 0 heterocycles. The minimum Gasteiger partial charge on any atom is -0.378 e. The van der Waals surface area contributed by atoms with Crippen LogP contribution in [-0.2, 0) is 0 Å². The Morgan fingerprint density at radius 2 is 1.73 bits per heavy atom. The second kappa shape index (κ2) is 3.07. The van der Waals surface area contributed by atoms with Crippen LogP contribution in [0.1, 0.15) is 5.56 Å². The second-order valence-corrected chi connectivity index (χ2v) is 2.55. The third-order valence-electron chi connectivity index (χ3n) is 1.51. The number of anilines is 1. The molecule has 0 spiro atoms. The van der Waals surface area contributed by atoms with Crippen LogP contribution in [0.5, 0.6) is 0 Å². The first-order valence-electron chi connectivity index (χ1n) is 3.41. The van der Waals surface area contributed by atoms with Gasteiger partial charge in [0.2, 0.25) is 0 Å². The van der Waals surface area contributed by atoms with E-state index in [9.17, 15) is 0 Å². The van der Waals surface area contributed by atoms with Crippen molar-refractivity contribution in [2.24, 2.45) is 0 Å². The average Bonchev–Trinajstić information content (AvgIpc) is 2.05. The Kier molecular flexibility index (Phi) is 2.12. The van der Waals surface area contributed by atoms with Gasteiger partial charge in [-0.1, -0.05) is 0 Å². The van der Waals surface area contributed by atoms with Gasteiger partial charge in [0.05, 0.1) is 11.6 Å². The molecule has 0 amide bonds. The highest BCUT2D eigenvalue weighted by atomic mass is 15.3. The molecule has 0 aliphatic rings. The van der Waals surface area contributed by atoms with E-state index >= 15 is 0 Å². The highest BCUT2D eigenvalue weighted by molar-refractivity contribution is 5.48. The van der Waals surface area contributed by atoms with Crippen molar-refractivity contribution < 1.29 is 0 Å². The third-order valence-corrected chi connectivity index (χ3v) is 1.51. The van der Waals surface area contributed by atoms with Crippen LogP contribution in [0.3, 0.4) is 0 Å². The Hall–Kier alpha value is -1.49. The summed E-state index contributed by atoms with van der Waals surface area (Å²) >= 11 is 0. The van der Waals surface area contributed by atoms with Crippen molar-refractivity contribution in [1.29, 1.82) is 5.26 Å². The van der Waals surface area contributed by atoms with Crippen molar-refractivity contribution in [2.75, 3.05) is 19.0 Å². The van der Waals surface area contributed by atoms with Gasteiger partial charge in [-0.3, -0.25) is 0 Å². The van der Waals surface area contributed by atoms with Gasteiger partial charge in [-0.15, -0.1) is 0 Å². The molecule has 0 N–H and O–H groups in total. The number of hydrogen-bond acceptors (Lipinski definition) is 2. The molecule has 0 radical (unpaired) electrons. The summed E-state index contributed by atoms with van der Waals surface area (Å²) in [6, 6.07) is 9.56. The van der Waals surface area contributed by atoms with Crippen molar-refractivity contribution in [3.05, 3.63) is 29.8 Å². The highest BCUT2D eigenvalue weighted by Crippen LogP contribution is 2.10. The van der Waals surface area contributed by atoms with E-state index in [0.29, 0.717) is 5.56 Å². The molecular weight excluding hydrogens is 138 g/mol. The smallest absolute Gasteiger partial charge is 0.0991 e. The first-order valence-corrected chi connectivity index (χ1v) is 3.41. The van der Waals surface area contributed by atoms with Crippen molar-refractivity contribution in [1.82, 2.24) is 0 Å². The fraction of sp³-hybridized carbons (Fsp3) is 0.222. The van der Waals surface area contributed by atoms with Gasteiger partial charge in [0.25, 0.3) is 0 Å². The maximum absolute atomic E-state index is 8.50. The quantitative estimate of drug-likeness (QED) is 0.566. The van der Waals surface area contributed by atoms with Gasteiger partial charge in [-0.25, -0.2) is 0 Å². The van der Waals surface area contributed by atoms with Gasteiger partial charge in [0.1, 0.15) is 0 Å². The van der Waals surface area contributed by atoms with Crippen LogP contribution < -0.4 is 4.90 Å². The SMILES string of the molecule is [13CH3]N([13CH3])c1ccc(C#N)cc1. The lowest BCUT2D eigenvalue weighted by atomic mass is 10.2. The van der Waals surface area contributed by atoms with Crippen LogP contribution in [0.2, 0.25) is 0 Å². The minimum absolute atomic E-state index is 0.704. The molecular formula is C9H10N2. The first kappa shape index (κ1) is 7.62. The number of rotatable bonds is 1. The van der Waals surface area contributed by atoms with E-state index in [-0.39, 0.29) is 0 Å². The zero-order chi connectivity index (χ0) is 8.27. The van der Waals surface area contributed by atoms with Gasteiger partial charge in [0.15, 0.2) is 0 Å². The van der Waals surface area contributed by atoms with Crippen LogP contribution in [0.4, 0.5) is 5.69 Å². The Morgan fingerprint density at radius 1 is 1.18 bits per heavy atom. The van der Waals surface area contributed by atoms with Gasteiger partial charge in [-0.2, -0.15) is 5.26 Å². The zero-order valence-electron chi connectivity index (χ0n) is 6.70. The number of nitriles is 1. The lowest BCUT2D eigenvalue weighted by molar-refractivity contribution is 1.13. The van der Waals surface area contributed by atoms with Crippen LogP contribution in [-0.4, -0.2) is 14.1 Å². The first-order chi connectivity index (χ1) is 5.24. The van der Waals surface area contributed by atoms with Gasteiger partial charge >= 0.3 is 0 Å². The van der Waals surface area contributed by atoms with E-state index in [0.717, 1.165) is 5.69 Å². The molecule has 0 bridgehead atoms. The van der Waals surface area contributed by atoms with E-state index in [2.05, 4.69) is 6.07 Å². The van der Waals surface area contributed by atoms with Crippen LogP contribution in [0.15, 0.2) is 24.3 Å². The molecule has 0 aromatic heterocycles. The Morgan fingerprint density at radius 3 is 2.09 bits per heavy atom. The molecule has 0 unspecified atom stereocenters. The normalized spacial score (nSPS) is 8.82. The summed E-state index contributed by atoms with van der Waals surface area (Å²) in [6.45, 7) is 0. The Bertz CT molecular complexity index is 267. The molecule has 0 aliphatic carbocycles. The van der Waals surface area contributed by atoms with E-state index in [1.54, 1.807) is 0 Å². The molecule has 2 heteroatoms. The summed E-state index contributed by atoms with van der Waals surface area (Å²) in [5.74, 6) is 0. The molecule has 1 rings (SSSR count). The number of benzene rings is 1. The van der Waals surface area contributed by atoms with Crippen LogP contribution in [0.25, 0.3) is 0 Å². The molecule has 0 aliphatic heterocycles. The lowest BCUT2D eigenvalue weighted by Crippen LogP contribution is -2.07. The highest BCUT2D eigenvalue weighted by Gasteiger charge is 1.93. The molecule has 11 heavy (non-hydrogen) atoms. The Balaban J connectivity index is 2.94. The maximum Gasteiger partial charge on any atom is 0.0991 e. The summed E-state index contributed by atoms with van der Waals surface area (Å²) < 4.78 is 0. The Labute approximate surface area is 66.7 Å². The van der Waals surface area contributed by atoms with E-state index < -0.39 is 0 Å². The lowest BCUT2D eigenvalue weighted by Gasteiger charge is -2.11. The summed E-state index contributed by atoms with van der Waals surface area (Å²) in [5.41, 5.74) is 1.82. The van der Waals surface area contributed by atoms with Crippen LogP contribution >= 0.6 is 0 Å². The predicted molar refractivity (Wildman–Crippen MR) is 45.5 cm³/mol. The van der Waals surface area contributed by atoms with Crippen molar-refractivity contribution in [2.45, 2.75) is 0 Å². The van der Waals surface area contributed by atoms with Crippen molar-refractivity contribution in [3.63, 3.8) is 0 Å². The minimum atomic E-state index is 0.704. The zero-order valence-corrected chi connectivity index (χ0v) is 6.70. The van der Waals surface area contributed by atoms with Gasteiger partial charge in [-0.05, 0) is 24.3 Å².